The molecule has 21 heavy (non-hydrogen) atoms. The predicted octanol–water partition coefficient (Wildman–Crippen LogP) is 3.16. The second kappa shape index (κ2) is 6.70. The molecule has 0 atom stereocenters. The molecule has 0 bridgehead atoms. The van der Waals surface area contributed by atoms with E-state index in [-0.39, 0.29) is 5.91 Å². The van der Waals surface area contributed by atoms with Gasteiger partial charge in [-0.05, 0) is 55.3 Å². The van der Waals surface area contributed by atoms with Crippen LogP contribution in [0.15, 0.2) is 53.6 Å². The molecule has 1 N–H and O–H groups in total. The van der Waals surface area contributed by atoms with E-state index in [1.807, 2.05) is 56.3 Å². The number of hydrogen-bond acceptors (Lipinski definition) is 3. The van der Waals surface area contributed by atoms with E-state index in [0.29, 0.717) is 5.56 Å². The highest BCUT2D eigenvalue weighted by atomic mass is 16.5. The molecule has 0 fully saturated rings. The Kier molecular flexibility index (Phi) is 4.72. The maximum absolute atomic E-state index is 12.1. The van der Waals surface area contributed by atoms with Crippen LogP contribution >= 0.6 is 0 Å². The normalized spacial score (nSPS) is 11.1. The highest BCUT2D eigenvalue weighted by molar-refractivity contribution is 6.01. The van der Waals surface area contributed by atoms with E-state index in [4.69, 9.17) is 4.74 Å². The second-order valence-electron chi connectivity index (χ2n) is 4.68. The van der Waals surface area contributed by atoms with Gasteiger partial charge < -0.3 is 4.74 Å². The van der Waals surface area contributed by atoms with Crippen molar-refractivity contribution in [1.29, 1.82) is 0 Å². The zero-order valence-electron chi connectivity index (χ0n) is 12.4. The molecule has 0 heterocycles. The third-order valence-corrected chi connectivity index (χ3v) is 3.22. The predicted molar refractivity (Wildman–Crippen MR) is 83.9 cm³/mol. The number of hydrazone groups is 1. The van der Waals surface area contributed by atoms with Crippen LogP contribution in [0.1, 0.15) is 28.4 Å². The van der Waals surface area contributed by atoms with Crippen molar-refractivity contribution < 1.29 is 9.53 Å². The molecule has 0 saturated carbocycles. The number of nitrogens with one attached hydrogen (secondary N) is 1. The third kappa shape index (κ3) is 3.69. The summed E-state index contributed by atoms with van der Waals surface area (Å²) < 4.78 is 5.11. The summed E-state index contributed by atoms with van der Waals surface area (Å²) in [6, 6.07) is 14.9. The summed E-state index contributed by atoms with van der Waals surface area (Å²) in [7, 11) is 1.62. The molecule has 2 aromatic carbocycles. The second-order valence-corrected chi connectivity index (χ2v) is 4.68. The number of carbonyl (C=O) groups is 1. The van der Waals surface area contributed by atoms with Crippen molar-refractivity contribution in [2.75, 3.05) is 7.11 Å². The van der Waals surface area contributed by atoms with E-state index in [1.165, 1.54) is 0 Å². The first-order valence-corrected chi connectivity index (χ1v) is 6.66. The van der Waals surface area contributed by atoms with Crippen molar-refractivity contribution in [3.63, 3.8) is 0 Å². The maximum Gasteiger partial charge on any atom is 0.271 e. The minimum atomic E-state index is -0.207. The van der Waals surface area contributed by atoms with Gasteiger partial charge in [0.05, 0.1) is 12.8 Å². The Morgan fingerprint density at radius 1 is 1.10 bits per heavy atom. The zero-order chi connectivity index (χ0) is 15.2. The molecule has 0 aromatic heterocycles. The van der Waals surface area contributed by atoms with Gasteiger partial charge in [0.2, 0.25) is 0 Å². The van der Waals surface area contributed by atoms with Crippen LogP contribution in [-0.4, -0.2) is 18.7 Å². The van der Waals surface area contributed by atoms with Crippen LogP contribution in [0.5, 0.6) is 5.75 Å². The van der Waals surface area contributed by atoms with E-state index < -0.39 is 0 Å². The lowest BCUT2D eigenvalue weighted by molar-refractivity contribution is 0.0954. The number of methoxy groups -OCH3 is 1. The summed E-state index contributed by atoms with van der Waals surface area (Å²) in [5.41, 5.74) is 5.80. The first-order valence-electron chi connectivity index (χ1n) is 6.66. The van der Waals surface area contributed by atoms with Gasteiger partial charge in [-0.3, -0.25) is 4.79 Å². The molecule has 0 aliphatic heterocycles. The van der Waals surface area contributed by atoms with Gasteiger partial charge in [0, 0.05) is 5.56 Å². The molecular formula is C17H18N2O2. The standard InChI is InChI=1S/C17H18N2O2/c1-12-6-4-5-7-16(12)17(20)19-18-13(2)14-8-10-15(21-3)11-9-14/h4-11H,1-3H3,(H,19,20)/b18-13+. The van der Waals surface area contributed by atoms with Crippen molar-refractivity contribution in [1.82, 2.24) is 5.43 Å². The summed E-state index contributed by atoms with van der Waals surface area (Å²) in [6.07, 6.45) is 0. The summed E-state index contributed by atoms with van der Waals surface area (Å²) in [5.74, 6) is 0.580. The Balaban J connectivity index is 2.09. The van der Waals surface area contributed by atoms with Crippen molar-refractivity contribution in [3.8, 4) is 5.75 Å². The van der Waals surface area contributed by atoms with Crippen LogP contribution in [0.2, 0.25) is 0 Å². The number of aryl methyl sites for hydroxylation is 1. The van der Waals surface area contributed by atoms with Crippen LogP contribution in [-0.2, 0) is 0 Å². The van der Waals surface area contributed by atoms with Crippen LogP contribution in [0.25, 0.3) is 0 Å². The number of rotatable bonds is 4. The Morgan fingerprint density at radius 2 is 1.76 bits per heavy atom. The molecule has 4 nitrogen and oxygen atoms in total. The first-order chi connectivity index (χ1) is 10.1. The lowest BCUT2D eigenvalue weighted by Gasteiger charge is -2.06. The molecule has 1 amide bonds. The number of nitrogens with zero attached hydrogens (tertiary/aromatic N) is 1. The lowest BCUT2D eigenvalue weighted by atomic mass is 10.1. The highest BCUT2D eigenvalue weighted by Crippen LogP contribution is 2.12. The Morgan fingerprint density at radius 3 is 2.38 bits per heavy atom. The van der Waals surface area contributed by atoms with Gasteiger partial charge in [-0.1, -0.05) is 18.2 Å². The van der Waals surface area contributed by atoms with Crippen molar-refractivity contribution in [2.24, 2.45) is 5.10 Å². The Labute approximate surface area is 124 Å². The van der Waals surface area contributed by atoms with Gasteiger partial charge >= 0.3 is 0 Å². The zero-order valence-corrected chi connectivity index (χ0v) is 12.4. The minimum Gasteiger partial charge on any atom is -0.497 e. The molecule has 2 aromatic rings. The first kappa shape index (κ1) is 14.8. The van der Waals surface area contributed by atoms with Crippen LogP contribution < -0.4 is 10.2 Å². The van der Waals surface area contributed by atoms with Gasteiger partial charge in [0.25, 0.3) is 5.91 Å². The number of hydrogen-bond donors (Lipinski definition) is 1. The average Bonchev–Trinajstić information content (AvgIpc) is 2.52. The monoisotopic (exact) mass is 282 g/mol. The summed E-state index contributed by atoms with van der Waals surface area (Å²) in [4.78, 5) is 12.1. The van der Waals surface area contributed by atoms with Crippen molar-refractivity contribution >= 4 is 11.6 Å². The van der Waals surface area contributed by atoms with Gasteiger partial charge in [-0.2, -0.15) is 5.10 Å². The van der Waals surface area contributed by atoms with Crippen LogP contribution in [0, 0.1) is 6.92 Å². The fourth-order valence-corrected chi connectivity index (χ4v) is 1.92. The van der Waals surface area contributed by atoms with Crippen molar-refractivity contribution in [3.05, 3.63) is 65.2 Å². The number of amides is 1. The molecule has 0 aliphatic rings. The third-order valence-electron chi connectivity index (χ3n) is 3.22. The molecule has 0 saturated heterocycles. The van der Waals surface area contributed by atoms with Crippen LogP contribution in [0.4, 0.5) is 0 Å². The summed E-state index contributed by atoms with van der Waals surface area (Å²) in [6.45, 7) is 3.74. The van der Waals surface area contributed by atoms with E-state index in [1.54, 1.807) is 13.2 Å². The van der Waals surface area contributed by atoms with Crippen LogP contribution in [0.3, 0.4) is 0 Å². The molecule has 0 radical (unpaired) electrons. The van der Waals surface area contributed by atoms with E-state index in [0.717, 1.165) is 22.6 Å². The molecular weight excluding hydrogens is 264 g/mol. The number of benzene rings is 2. The molecule has 4 heteroatoms. The molecule has 0 spiro atoms. The largest absolute Gasteiger partial charge is 0.497 e. The van der Waals surface area contributed by atoms with Gasteiger partial charge in [0.15, 0.2) is 0 Å². The van der Waals surface area contributed by atoms with Gasteiger partial charge in [-0.15, -0.1) is 0 Å². The Hall–Kier alpha value is -2.62. The fourth-order valence-electron chi connectivity index (χ4n) is 1.92. The minimum absolute atomic E-state index is 0.207. The highest BCUT2D eigenvalue weighted by Gasteiger charge is 2.07. The maximum atomic E-state index is 12.1. The summed E-state index contributed by atoms with van der Waals surface area (Å²) >= 11 is 0. The summed E-state index contributed by atoms with van der Waals surface area (Å²) in [5, 5.41) is 4.14. The van der Waals surface area contributed by atoms with Gasteiger partial charge in [-0.25, -0.2) is 5.43 Å². The topological polar surface area (TPSA) is 50.7 Å². The Bertz CT molecular complexity index is 661. The lowest BCUT2D eigenvalue weighted by Crippen LogP contribution is -2.20. The smallest absolute Gasteiger partial charge is 0.271 e. The molecule has 108 valence electrons. The molecule has 0 unspecified atom stereocenters. The number of ether oxygens (including phenoxy) is 1. The molecule has 2 rings (SSSR count). The number of carbonyl (C=O) groups excluding carboxylic acids is 1. The van der Waals surface area contributed by atoms with E-state index in [2.05, 4.69) is 10.5 Å². The fraction of sp³-hybridized carbons (Fsp3) is 0.176. The van der Waals surface area contributed by atoms with E-state index >= 15 is 0 Å². The van der Waals surface area contributed by atoms with Gasteiger partial charge in [0.1, 0.15) is 5.75 Å². The quantitative estimate of drug-likeness (QED) is 0.691. The van der Waals surface area contributed by atoms with E-state index in [9.17, 15) is 4.79 Å². The van der Waals surface area contributed by atoms with Crippen molar-refractivity contribution in [2.45, 2.75) is 13.8 Å². The SMILES string of the molecule is COc1ccc(/C(C)=N/NC(=O)c2ccccc2C)cc1. The average molecular weight is 282 g/mol. The molecule has 0 aliphatic carbocycles.